The fourth-order valence-electron chi connectivity index (χ4n) is 8.13. The number of aryl methyl sites for hydroxylation is 1. The summed E-state index contributed by atoms with van der Waals surface area (Å²) in [4.78, 5) is 70.6. The molecule has 14 nitrogen and oxygen atoms in total. The van der Waals surface area contributed by atoms with Crippen molar-refractivity contribution < 1.29 is 64.5 Å². The number of piperidine rings is 1. The number of nitrogens with zero attached hydrogens (tertiary/aromatic N) is 2. The van der Waals surface area contributed by atoms with Crippen molar-refractivity contribution in [2.24, 2.45) is 11.8 Å². The number of aromatic nitrogens is 2. The number of amides is 5. The number of H-pyrrole nitrogens is 1. The number of fused-ring (bicyclic) bond motifs is 1. The number of nitrogens with one attached hydrogen (secondary N) is 5. The molecule has 0 bridgehead atoms. The number of hydrogen-bond acceptors (Lipinski definition) is 7. The number of benzene rings is 3. The van der Waals surface area contributed by atoms with Crippen molar-refractivity contribution in [3.63, 3.8) is 0 Å². The van der Waals surface area contributed by atoms with Crippen LogP contribution < -0.4 is 21.3 Å². The van der Waals surface area contributed by atoms with E-state index in [0.29, 0.717) is 69.3 Å². The van der Waals surface area contributed by atoms with E-state index >= 15 is 0 Å². The Hall–Kier alpha value is -6.41. The molecule has 1 saturated heterocycles. The third kappa shape index (κ3) is 12.1. The van der Waals surface area contributed by atoms with E-state index in [0.717, 1.165) is 28.8 Å². The number of rotatable bonds is 13. The molecule has 362 valence electrons. The number of ether oxygens (including phenoxy) is 1. The second-order valence-electron chi connectivity index (χ2n) is 18.1. The van der Waals surface area contributed by atoms with Crippen LogP contribution >= 0.6 is 0 Å². The van der Waals surface area contributed by atoms with Crippen LogP contribution in [0.1, 0.15) is 86.6 Å². The van der Waals surface area contributed by atoms with Crippen molar-refractivity contribution in [1.29, 1.82) is 0 Å². The molecule has 1 atom stereocenters. The van der Waals surface area contributed by atoms with E-state index in [1.807, 2.05) is 11.9 Å². The summed E-state index contributed by atoms with van der Waals surface area (Å²) in [6.45, 7) is 8.09. The first-order valence-electron chi connectivity index (χ1n) is 21.7. The summed E-state index contributed by atoms with van der Waals surface area (Å²) in [6.07, 6.45) is -5.04. The van der Waals surface area contributed by atoms with Crippen molar-refractivity contribution in [3.05, 3.63) is 83.2 Å². The minimum atomic E-state index is -6.58. The quantitative estimate of drug-likeness (QED) is 0.0717. The molecule has 4 aromatic rings. The van der Waals surface area contributed by atoms with Gasteiger partial charge in [-0.05, 0) is 125 Å². The first-order chi connectivity index (χ1) is 31.3. The van der Waals surface area contributed by atoms with Crippen LogP contribution in [0.25, 0.3) is 22.2 Å². The molecule has 1 aliphatic carbocycles. The third-order valence-corrected chi connectivity index (χ3v) is 11.9. The molecule has 0 spiro atoms. The lowest BCUT2D eigenvalue weighted by molar-refractivity contribution is -0.361. The van der Waals surface area contributed by atoms with Crippen molar-refractivity contribution in [2.75, 3.05) is 25.0 Å². The number of hydrogen-bond donors (Lipinski definition) is 6. The van der Waals surface area contributed by atoms with Gasteiger partial charge in [-0.15, -0.1) is 0 Å². The molecule has 2 fully saturated rings. The van der Waals surface area contributed by atoms with Crippen LogP contribution in [-0.2, 0) is 26.7 Å². The van der Waals surface area contributed by atoms with E-state index in [-0.39, 0.29) is 41.0 Å². The molecule has 1 saturated carbocycles. The molecule has 0 unspecified atom stereocenters. The lowest BCUT2D eigenvalue weighted by atomic mass is 9.81. The number of alkyl carbamates (subject to hydrolysis) is 1. The molecule has 21 heteroatoms. The van der Waals surface area contributed by atoms with Gasteiger partial charge in [0, 0.05) is 49.3 Å². The number of alkyl halides is 7. The number of carbonyl (C=O) groups excluding carboxylic acids is 4. The number of carboxylic acid groups (broad SMARTS) is 1. The Kier molecular flexibility index (Phi) is 14.8. The van der Waals surface area contributed by atoms with Crippen LogP contribution in [0.15, 0.2) is 60.7 Å². The second kappa shape index (κ2) is 19.8. The van der Waals surface area contributed by atoms with Crippen LogP contribution in [0.3, 0.4) is 0 Å². The van der Waals surface area contributed by atoms with Gasteiger partial charge in [-0.25, -0.2) is 14.6 Å². The van der Waals surface area contributed by atoms with Gasteiger partial charge in [-0.1, -0.05) is 30.3 Å². The van der Waals surface area contributed by atoms with Crippen molar-refractivity contribution in [3.8, 4) is 11.1 Å². The van der Waals surface area contributed by atoms with Crippen LogP contribution in [0.5, 0.6) is 0 Å². The van der Waals surface area contributed by atoms with E-state index in [2.05, 4.69) is 26.3 Å². The van der Waals surface area contributed by atoms with E-state index in [1.165, 1.54) is 11.0 Å². The Morgan fingerprint density at radius 1 is 0.866 bits per heavy atom. The van der Waals surface area contributed by atoms with E-state index in [9.17, 15) is 59.8 Å². The smallest absolute Gasteiger partial charge is 0.460 e. The number of halogens is 7. The topological polar surface area (TPSA) is 195 Å². The van der Waals surface area contributed by atoms with Gasteiger partial charge in [0.25, 0.3) is 5.91 Å². The standard InChI is InChI=1S/C46H52F7N7O7/c1-25-21-30(38(62)55-31-17-19-60(20-18-31)42(65)66)13-15-33(25)28-9-5-26(6-10-28)22-36(57-37(61)29-11-7-27(8-12-29)24-54-41(64)67-43(2,3)4)39(63)56-32-14-16-34-35(23-32)59-40(58-34)44(47,48)45(49,50)46(51,52)53/h5-6,9-10,13-16,21,23,27,29,31,36H,7-8,11-12,17-20,22,24H2,1-4H3,(H,54,64)(H,55,62)(H,56,63)(H,57,61)(H,58,59)(H,65,66)/t27?,29?,36-/m0/s1. The van der Waals surface area contributed by atoms with E-state index in [1.54, 1.807) is 63.2 Å². The Bertz CT molecular complexity index is 2460. The summed E-state index contributed by atoms with van der Waals surface area (Å²) >= 11 is 0. The summed E-state index contributed by atoms with van der Waals surface area (Å²) in [5.74, 6) is -16.0. The number of imidazole rings is 1. The Balaban J connectivity index is 1.15. The maximum absolute atomic E-state index is 14.5. The van der Waals surface area contributed by atoms with Crippen LogP contribution in [-0.4, -0.2) is 99.3 Å². The SMILES string of the molecule is Cc1cc(C(=O)NC2CCN(C(=O)O)CC2)ccc1-c1ccc(C[C@H](NC(=O)C2CCC(CNC(=O)OC(C)(C)C)CC2)C(=O)Nc2ccc3nc(C(F)(F)C(F)(F)C(F)(F)F)[nH]c3c2)cc1. The van der Waals surface area contributed by atoms with Gasteiger partial charge in [0.05, 0.1) is 11.0 Å². The van der Waals surface area contributed by atoms with Gasteiger partial charge in [0.1, 0.15) is 11.6 Å². The number of likely N-dealkylation sites (tertiary alicyclic amines) is 1. The van der Waals surface area contributed by atoms with Gasteiger partial charge in [0.15, 0.2) is 5.82 Å². The minimum Gasteiger partial charge on any atom is -0.465 e. The normalized spacial score (nSPS) is 17.9. The highest BCUT2D eigenvalue weighted by Gasteiger charge is 2.75. The predicted molar refractivity (Wildman–Crippen MR) is 232 cm³/mol. The molecule has 0 radical (unpaired) electrons. The Labute approximate surface area is 380 Å². The summed E-state index contributed by atoms with van der Waals surface area (Å²) in [7, 11) is 0. The molecular formula is C46H52F7N7O7. The van der Waals surface area contributed by atoms with Gasteiger partial charge >= 0.3 is 30.2 Å². The average molecular weight is 948 g/mol. The fourth-order valence-corrected chi connectivity index (χ4v) is 8.13. The van der Waals surface area contributed by atoms with Crippen molar-refractivity contribution in [2.45, 2.75) is 108 Å². The van der Waals surface area contributed by atoms with E-state index in [4.69, 9.17) is 4.74 Å². The van der Waals surface area contributed by atoms with E-state index < -0.39 is 65.4 Å². The molecule has 2 aliphatic rings. The highest BCUT2D eigenvalue weighted by molar-refractivity contribution is 5.99. The van der Waals surface area contributed by atoms with Crippen molar-refractivity contribution in [1.82, 2.24) is 30.8 Å². The number of aromatic amines is 1. The Morgan fingerprint density at radius 3 is 2.12 bits per heavy atom. The summed E-state index contributed by atoms with van der Waals surface area (Å²) in [5.41, 5.74) is 1.95. The largest absolute Gasteiger partial charge is 0.465 e. The molecule has 5 amide bonds. The Morgan fingerprint density at radius 2 is 1.52 bits per heavy atom. The molecular weight excluding hydrogens is 896 g/mol. The predicted octanol–water partition coefficient (Wildman–Crippen LogP) is 8.70. The maximum Gasteiger partial charge on any atom is 0.460 e. The second-order valence-corrected chi connectivity index (χ2v) is 18.1. The lowest BCUT2D eigenvalue weighted by Gasteiger charge is -2.30. The van der Waals surface area contributed by atoms with Crippen LogP contribution in [0.4, 0.5) is 46.0 Å². The molecule has 6 rings (SSSR count). The summed E-state index contributed by atoms with van der Waals surface area (Å²) in [5, 5.41) is 20.3. The monoisotopic (exact) mass is 947 g/mol. The highest BCUT2D eigenvalue weighted by atomic mass is 19.4. The first kappa shape index (κ1) is 50.0. The summed E-state index contributed by atoms with van der Waals surface area (Å²) < 4.78 is 100. The molecule has 3 aromatic carbocycles. The van der Waals surface area contributed by atoms with Gasteiger partial charge in [0.2, 0.25) is 11.8 Å². The maximum atomic E-state index is 14.5. The zero-order chi connectivity index (χ0) is 49.1. The van der Waals surface area contributed by atoms with Gasteiger partial charge < -0.3 is 41.0 Å². The molecule has 1 aromatic heterocycles. The lowest BCUT2D eigenvalue weighted by Crippen LogP contribution is -2.50. The molecule has 67 heavy (non-hydrogen) atoms. The fraction of sp³-hybridized carbons (Fsp3) is 0.478. The summed E-state index contributed by atoms with van der Waals surface area (Å²) in [6, 6.07) is 14.2. The average Bonchev–Trinajstić information content (AvgIpc) is 3.69. The number of carbonyl (C=O) groups is 5. The van der Waals surface area contributed by atoms with Crippen LogP contribution in [0, 0.1) is 18.8 Å². The number of anilines is 1. The molecule has 1 aliphatic heterocycles. The highest BCUT2D eigenvalue weighted by Crippen LogP contribution is 2.51. The van der Waals surface area contributed by atoms with Crippen LogP contribution in [0.2, 0.25) is 0 Å². The zero-order valence-corrected chi connectivity index (χ0v) is 37.1. The zero-order valence-electron chi connectivity index (χ0n) is 37.1. The first-order valence-corrected chi connectivity index (χ1v) is 21.7. The van der Waals surface area contributed by atoms with Gasteiger partial charge in [-0.2, -0.15) is 30.7 Å². The van der Waals surface area contributed by atoms with Gasteiger partial charge in [-0.3, -0.25) is 14.4 Å². The minimum absolute atomic E-state index is 0.0360. The third-order valence-electron chi connectivity index (χ3n) is 11.9. The molecule has 2 heterocycles. The van der Waals surface area contributed by atoms with Crippen molar-refractivity contribution >= 4 is 46.6 Å². The molecule has 6 N–H and O–H groups in total.